The summed E-state index contributed by atoms with van der Waals surface area (Å²) < 4.78 is 23.6. The Hall–Kier alpha value is -0.800. The molecule has 0 rings (SSSR count). The van der Waals surface area contributed by atoms with E-state index in [9.17, 15) is 8.78 Å². The Labute approximate surface area is 52.3 Å². The molecule has 0 N–H and O–H groups in total. The zero-order valence-corrected chi connectivity index (χ0v) is 5.31. The smallest absolute Gasteiger partial charge is 0.201 e. The van der Waals surface area contributed by atoms with Crippen molar-refractivity contribution < 1.29 is 8.78 Å². The third-order valence-electron chi connectivity index (χ3n) is 0.467. The molecule has 0 unspecified atom stereocenters. The summed E-state index contributed by atoms with van der Waals surface area (Å²) in [5.74, 6) is -2.85. The Bertz CT molecular complexity index is 123. The van der Waals surface area contributed by atoms with Crippen LogP contribution in [0, 0.1) is 0 Å². The van der Waals surface area contributed by atoms with Crippen molar-refractivity contribution in [3.05, 3.63) is 0 Å². The number of hydrogen-bond acceptors (Lipinski definition) is 2. The van der Waals surface area contributed by atoms with Crippen LogP contribution < -0.4 is 0 Å². The first-order chi connectivity index (χ1) is 4.06. The Morgan fingerprint density at radius 3 is 2.22 bits per heavy atom. The Balaban J connectivity index is 3.71. The Kier molecular flexibility index (Phi) is 2.98. The highest BCUT2D eigenvalue weighted by molar-refractivity contribution is 5.66. The zero-order chi connectivity index (χ0) is 7.33. The first kappa shape index (κ1) is 8.20. The molecule has 4 heteroatoms. The van der Waals surface area contributed by atoms with Gasteiger partial charge in [0.05, 0.1) is 6.21 Å². The predicted molar refractivity (Wildman–Crippen MR) is 33.3 cm³/mol. The van der Waals surface area contributed by atoms with E-state index in [1.54, 1.807) is 6.92 Å². The zero-order valence-electron chi connectivity index (χ0n) is 5.31. The van der Waals surface area contributed by atoms with E-state index in [0.717, 1.165) is 6.92 Å². The van der Waals surface area contributed by atoms with Crippen molar-refractivity contribution in [2.24, 2.45) is 10.2 Å². The summed E-state index contributed by atoms with van der Waals surface area (Å²) in [4.78, 5) is 0. The largest absolute Gasteiger partial charge is 0.282 e. The monoisotopic (exact) mass is 134 g/mol. The molecule has 0 aliphatic rings. The molecule has 0 aromatic heterocycles. The van der Waals surface area contributed by atoms with E-state index in [0.29, 0.717) is 6.21 Å². The molecule has 0 aliphatic carbocycles. The fourth-order valence-corrected chi connectivity index (χ4v) is 0.201. The van der Waals surface area contributed by atoms with Crippen LogP contribution in [-0.4, -0.2) is 18.4 Å². The minimum Gasteiger partial charge on any atom is -0.201 e. The van der Waals surface area contributed by atoms with E-state index in [1.165, 1.54) is 6.21 Å². The molecule has 0 saturated heterocycles. The summed E-state index contributed by atoms with van der Waals surface area (Å²) in [7, 11) is 0. The lowest BCUT2D eigenvalue weighted by Crippen LogP contribution is -2.10. The second-order valence-electron chi connectivity index (χ2n) is 1.57. The van der Waals surface area contributed by atoms with Crippen molar-refractivity contribution in [2.45, 2.75) is 19.8 Å². The lowest BCUT2D eigenvalue weighted by atomic mass is 10.4. The van der Waals surface area contributed by atoms with Gasteiger partial charge >= 0.3 is 0 Å². The molecule has 9 heavy (non-hydrogen) atoms. The van der Waals surface area contributed by atoms with E-state index < -0.39 is 5.92 Å². The molecule has 0 heterocycles. The molecule has 0 aliphatic heterocycles. The van der Waals surface area contributed by atoms with E-state index >= 15 is 0 Å². The lowest BCUT2D eigenvalue weighted by molar-refractivity contribution is 0.106. The average molecular weight is 134 g/mol. The van der Waals surface area contributed by atoms with Gasteiger partial charge < -0.3 is 0 Å². The first-order valence-corrected chi connectivity index (χ1v) is 2.46. The van der Waals surface area contributed by atoms with Crippen molar-refractivity contribution >= 4 is 12.4 Å². The highest BCUT2D eigenvalue weighted by atomic mass is 19.3. The number of rotatable bonds is 2. The Morgan fingerprint density at radius 1 is 1.33 bits per heavy atom. The summed E-state index contributed by atoms with van der Waals surface area (Å²) in [5, 5.41) is 6.28. The second kappa shape index (κ2) is 3.27. The number of hydrogen-bond donors (Lipinski definition) is 0. The topological polar surface area (TPSA) is 24.7 Å². The Morgan fingerprint density at radius 2 is 1.89 bits per heavy atom. The quantitative estimate of drug-likeness (QED) is 0.405. The van der Waals surface area contributed by atoms with Crippen LogP contribution >= 0.6 is 0 Å². The van der Waals surface area contributed by atoms with Crippen LogP contribution in [0.1, 0.15) is 13.8 Å². The van der Waals surface area contributed by atoms with E-state index in [2.05, 4.69) is 10.2 Å². The summed E-state index contributed by atoms with van der Waals surface area (Å²) in [6.07, 6.45) is 1.83. The molecule has 0 amide bonds. The molecular weight excluding hydrogens is 126 g/mol. The van der Waals surface area contributed by atoms with Gasteiger partial charge in [0.15, 0.2) is 0 Å². The molecule has 0 bridgehead atoms. The molecule has 52 valence electrons. The molecule has 0 saturated carbocycles. The molecule has 0 fully saturated rings. The van der Waals surface area contributed by atoms with Crippen LogP contribution in [0.2, 0.25) is 0 Å². The van der Waals surface area contributed by atoms with Gasteiger partial charge in [0.25, 0.3) is 5.92 Å². The van der Waals surface area contributed by atoms with Crippen molar-refractivity contribution in [1.82, 2.24) is 0 Å². The summed E-state index contributed by atoms with van der Waals surface area (Å²) in [6.45, 7) is 2.35. The average Bonchev–Trinajstić information content (AvgIpc) is 1.63. The first-order valence-electron chi connectivity index (χ1n) is 2.46. The standard InChI is InChI=1S/C5H8F2N2/c1-3-8-9-4-5(2,6)7/h3-4H,1-2H3. The van der Waals surface area contributed by atoms with Crippen LogP contribution in [0.25, 0.3) is 0 Å². The van der Waals surface area contributed by atoms with Crippen molar-refractivity contribution in [2.75, 3.05) is 0 Å². The van der Waals surface area contributed by atoms with Crippen LogP contribution in [0.3, 0.4) is 0 Å². The lowest BCUT2D eigenvalue weighted by Gasteiger charge is -1.97. The van der Waals surface area contributed by atoms with Crippen molar-refractivity contribution in [3.8, 4) is 0 Å². The van der Waals surface area contributed by atoms with Gasteiger partial charge in [0.2, 0.25) is 0 Å². The van der Waals surface area contributed by atoms with Gasteiger partial charge in [-0.05, 0) is 6.92 Å². The highest BCUT2D eigenvalue weighted by Crippen LogP contribution is 2.06. The van der Waals surface area contributed by atoms with Gasteiger partial charge in [-0.1, -0.05) is 0 Å². The molecule has 0 aromatic carbocycles. The minimum absolute atomic E-state index is 0.493. The molecule has 0 radical (unpaired) electrons. The van der Waals surface area contributed by atoms with Gasteiger partial charge in [-0.3, -0.25) is 0 Å². The molecular formula is C5H8F2N2. The maximum Gasteiger partial charge on any atom is 0.282 e. The fourth-order valence-electron chi connectivity index (χ4n) is 0.201. The van der Waals surface area contributed by atoms with Gasteiger partial charge in [0.1, 0.15) is 0 Å². The van der Waals surface area contributed by atoms with E-state index in [-0.39, 0.29) is 0 Å². The molecule has 2 nitrogen and oxygen atoms in total. The van der Waals surface area contributed by atoms with Crippen LogP contribution in [0.4, 0.5) is 8.78 Å². The minimum atomic E-state index is -2.85. The molecule has 0 spiro atoms. The van der Waals surface area contributed by atoms with Gasteiger partial charge in [0, 0.05) is 13.1 Å². The number of halogens is 2. The van der Waals surface area contributed by atoms with E-state index in [1.807, 2.05) is 0 Å². The summed E-state index contributed by atoms with van der Waals surface area (Å²) in [6, 6.07) is 0. The number of alkyl halides is 2. The summed E-state index contributed by atoms with van der Waals surface area (Å²) >= 11 is 0. The molecule has 0 atom stereocenters. The van der Waals surface area contributed by atoms with Crippen molar-refractivity contribution in [1.29, 1.82) is 0 Å². The van der Waals surface area contributed by atoms with Gasteiger partial charge in [-0.25, -0.2) is 8.78 Å². The fraction of sp³-hybridized carbons (Fsp3) is 0.600. The summed E-state index contributed by atoms with van der Waals surface area (Å²) in [5.41, 5.74) is 0. The highest BCUT2D eigenvalue weighted by Gasteiger charge is 2.16. The molecule has 0 aromatic rings. The third kappa shape index (κ3) is 7.20. The maximum atomic E-state index is 11.8. The maximum absolute atomic E-state index is 11.8. The number of nitrogens with zero attached hydrogens (tertiary/aromatic N) is 2. The van der Waals surface area contributed by atoms with Crippen LogP contribution in [0.5, 0.6) is 0 Å². The van der Waals surface area contributed by atoms with Gasteiger partial charge in [-0.15, -0.1) is 0 Å². The second-order valence-corrected chi connectivity index (χ2v) is 1.57. The van der Waals surface area contributed by atoms with Crippen molar-refractivity contribution in [3.63, 3.8) is 0 Å². The van der Waals surface area contributed by atoms with E-state index in [4.69, 9.17) is 0 Å². The third-order valence-corrected chi connectivity index (χ3v) is 0.467. The van der Waals surface area contributed by atoms with Gasteiger partial charge in [-0.2, -0.15) is 10.2 Å². The van der Waals surface area contributed by atoms with Crippen LogP contribution in [0.15, 0.2) is 10.2 Å². The normalized spacial score (nSPS) is 13.8. The predicted octanol–water partition coefficient (Wildman–Crippen LogP) is 1.72. The van der Waals surface area contributed by atoms with Crippen LogP contribution in [-0.2, 0) is 0 Å². The SMILES string of the molecule is CC=NN=CC(C)(F)F.